The van der Waals surface area contributed by atoms with Crippen LogP contribution in [-0.4, -0.2) is 33.6 Å². The van der Waals surface area contributed by atoms with E-state index in [0.717, 1.165) is 28.1 Å². The minimum absolute atomic E-state index is 0.138. The standard InChI is InChI=1S/C30H28FN3O3S/c1-20-9-12-32-27(15-20)29(35)30-17-21-10-14-34(24-6-4-23(31)5-7-24)28(21)16-22(30)3-8-25(18-30)38(36,37)26-11-13-33(2)19-26/h4-7,9-16,19,25H,3,8,17-18H2,1-2H3/t25-,30-/m0/s1. The maximum Gasteiger partial charge on any atom is 0.191 e. The first-order valence-electron chi connectivity index (χ1n) is 12.7. The monoisotopic (exact) mass is 529 g/mol. The third-order valence-electron chi connectivity index (χ3n) is 8.00. The molecule has 0 unspecified atom stereocenters. The van der Waals surface area contributed by atoms with Crippen LogP contribution < -0.4 is 0 Å². The Kier molecular flexibility index (Phi) is 5.76. The number of allylic oxidation sites excluding steroid dienone is 1. The molecule has 0 aliphatic heterocycles. The number of nitrogens with zero attached hydrogens (tertiary/aromatic N) is 3. The first-order chi connectivity index (χ1) is 18.2. The van der Waals surface area contributed by atoms with Crippen molar-refractivity contribution in [3.05, 3.63) is 107 Å². The molecule has 0 saturated heterocycles. The number of benzene rings is 1. The molecule has 3 heterocycles. The van der Waals surface area contributed by atoms with Crippen molar-refractivity contribution in [2.24, 2.45) is 12.5 Å². The van der Waals surface area contributed by atoms with Crippen LogP contribution in [0.5, 0.6) is 0 Å². The van der Waals surface area contributed by atoms with Crippen LogP contribution in [0.4, 0.5) is 4.39 Å². The molecule has 0 N–H and O–H groups in total. The van der Waals surface area contributed by atoms with E-state index in [0.29, 0.717) is 25.0 Å². The second-order valence-corrected chi connectivity index (χ2v) is 12.7. The molecule has 0 bridgehead atoms. The van der Waals surface area contributed by atoms with Crippen LogP contribution in [0.2, 0.25) is 0 Å². The van der Waals surface area contributed by atoms with Crippen molar-refractivity contribution in [3.8, 4) is 5.69 Å². The number of carbonyl (C=O) groups is 1. The summed E-state index contributed by atoms with van der Waals surface area (Å²) in [5.74, 6) is -0.443. The average molecular weight is 530 g/mol. The van der Waals surface area contributed by atoms with Gasteiger partial charge in [0.15, 0.2) is 15.6 Å². The molecule has 2 aliphatic carbocycles. The zero-order valence-electron chi connectivity index (χ0n) is 21.3. The van der Waals surface area contributed by atoms with Gasteiger partial charge in [-0.15, -0.1) is 0 Å². The van der Waals surface area contributed by atoms with E-state index in [1.54, 1.807) is 54.5 Å². The molecule has 8 heteroatoms. The summed E-state index contributed by atoms with van der Waals surface area (Å²) < 4.78 is 44.7. The molecule has 38 heavy (non-hydrogen) atoms. The number of aromatic nitrogens is 3. The lowest BCUT2D eigenvalue weighted by Gasteiger charge is -2.43. The Labute approximate surface area is 221 Å². The Bertz CT molecular complexity index is 1700. The number of carbonyl (C=O) groups excluding carboxylic acids is 1. The van der Waals surface area contributed by atoms with Crippen molar-refractivity contribution >= 4 is 21.7 Å². The molecule has 194 valence electrons. The zero-order chi connectivity index (χ0) is 26.7. The first kappa shape index (κ1) is 24.6. The zero-order valence-corrected chi connectivity index (χ0v) is 22.1. The first-order valence-corrected chi connectivity index (χ1v) is 14.2. The van der Waals surface area contributed by atoms with Crippen LogP contribution in [0.25, 0.3) is 11.8 Å². The SMILES string of the molecule is Cc1ccnc(C(=O)[C@]23Cc4ccn(-c5ccc(F)cc5)c4C=C2CC[C@H](S(=O)(=O)c2ccn(C)c2)C3)c1. The van der Waals surface area contributed by atoms with E-state index < -0.39 is 20.5 Å². The quantitative estimate of drug-likeness (QED) is 0.320. The van der Waals surface area contributed by atoms with Gasteiger partial charge >= 0.3 is 0 Å². The smallest absolute Gasteiger partial charge is 0.191 e. The molecule has 4 aromatic rings. The maximum atomic E-state index is 14.3. The van der Waals surface area contributed by atoms with Gasteiger partial charge in [0.2, 0.25) is 0 Å². The summed E-state index contributed by atoms with van der Waals surface area (Å²) in [5, 5.41) is -0.684. The Morgan fingerprint density at radius 1 is 1.11 bits per heavy atom. The summed E-state index contributed by atoms with van der Waals surface area (Å²) in [5.41, 5.74) is 3.92. The number of Topliss-reactive ketones (excluding diaryl/α,β-unsaturated/α-hetero) is 1. The van der Waals surface area contributed by atoms with Crippen molar-refractivity contribution in [3.63, 3.8) is 0 Å². The third-order valence-corrected chi connectivity index (χ3v) is 10.2. The summed E-state index contributed by atoms with van der Waals surface area (Å²) >= 11 is 0. The number of aryl methyl sites for hydroxylation is 2. The number of ketones is 1. The van der Waals surface area contributed by atoms with Gasteiger partial charge < -0.3 is 9.13 Å². The molecule has 0 amide bonds. The van der Waals surface area contributed by atoms with Crippen LogP contribution in [0, 0.1) is 18.2 Å². The summed E-state index contributed by atoms with van der Waals surface area (Å²) in [7, 11) is -1.84. The fourth-order valence-corrected chi connectivity index (χ4v) is 7.90. The Balaban J connectivity index is 1.46. The predicted molar refractivity (Wildman–Crippen MR) is 143 cm³/mol. The van der Waals surface area contributed by atoms with Crippen molar-refractivity contribution in [2.45, 2.75) is 42.8 Å². The van der Waals surface area contributed by atoms with Gasteiger partial charge in [0, 0.05) is 43.2 Å². The highest BCUT2D eigenvalue weighted by Gasteiger charge is 2.51. The van der Waals surface area contributed by atoms with Crippen LogP contribution in [0.1, 0.15) is 46.6 Å². The minimum atomic E-state index is -3.63. The predicted octanol–water partition coefficient (Wildman–Crippen LogP) is 5.49. The van der Waals surface area contributed by atoms with E-state index in [2.05, 4.69) is 4.98 Å². The molecule has 3 aromatic heterocycles. The number of pyridine rings is 1. The van der Waals surface area contributed by atoms with E-state index in [-0.39, 0.29) is 22.9 Å². The molecule has 0 radical (unpaired) electrons. The lowest BCUT2D eigenvalue weighted by molar-refractivity contribution is 0.0796. The Hall–Kier alpha value is -3.78. The lowest BCUT2D eigenvalue weighted by atomic mass is 9.61. The molecule has 1 fully saturated rings. The van der Waals surface area contributed by atoms with E-state index in [1.165, 1.54) is 12.1 Å². The van der Waals surface area contributed by atoms with Gasteiger partial charge in [-0.2, -0.15) is 0 Å². The molecule has 1 saturated carbocycles. The number of halogens is 1. The summed E-state index contributed by atoms with van der Waals surface area (Å²) in [6.45, 7) is 1.91. The fraction of sp³-hybridized carbons (Fsp3) is 0.267. The maximum absolute atomic E-state index is 14.3. The van der Waals surface area contributed by atoms with Crippen molar-refractivity contribution < 1.29 is 17.6 Å². The van der Waals surface area contributed by atoms with E-state index >= 15 is 0 Å². The summed E-state index contributed by atoms with van der Waals surface area (Å²) in [6.07, 6.45) is 10.5. The van der Waals surface area contributed by atoms with Crippen molar-refractivity contribution in [1.29, 1.82) is 0 Å². The second-order valence-electron chi connectivity index (χ2n) is 10.5. The van der Waals surface area contributed by atoms with Gasteiger partial charge in [-0.25, -0.2) is 12.8 Å². The topological polar surface area (TPSA) is 74.0 Å². The van der Waals surface area contributed by atoms with Crippen LogP contribution in [0.3, 0.4) is 0 Å². The van der Waals surface area contributed by atoms with E-state index in [1.807, 2.05) is 35.9 Å². The molecule has 0 spiro atoms. The van der Waals surface area contributed by atoms with Gasteiger partial charge in [0.25, 0.3) is 0 Å². The van der Waals surface area contributed by atoms with Gasteiger partial charge in [0.1, 0.15) is 11.5 Å². The Morgan fingerprint density at radius 2 is 1.89 bits per heavy atom. The normalized spacial score (nSPS) is 20.9. The highest BCUT2D eigenvalue weighted by atomic mass is 32.2. The second kappa shape index (κ2) is 8.91. The number of fused-ring (bicyclic) bond motifs is 2. The van der Waals surface area contributed by atoms with Gasteiger partial charge in [-0.1, -0.05) is 5.57 Å². The van der Waals surface area contributed by atoms with Crippen molar-refractivity contribution in [2.75, 3.05) is 0 Å². The number of hydrogen-bond donors (Lipinski definition) is 0. The molecule has 1 aromatic carbocycles. The van der Waals surface area contributed by atoms with Gasteiger partial charge in [-0.05, 0) is 98.3 Å². The van der Waals surface area contributed by atoms with Crippen molar-refractivity contribution in [1.82, 2.24) is 14.1 Å². The highest BCUT2D eigenvalue weighted by Crippen LogP contribution is 2.52. The fourth-order valence-electron chi connectivity index (χ4n) is 6.01. The highest BCUT2D eigenvalue weighted by molar-refractivity contribution is 7.92. The Morgan fingerprint density at radius 3 is 2.61 bits per heavy atom. The van der Waals surface area contributed by atoms with Crippen LogP contribution in [-0.2, 0) is 23.3 Å². The van der Waals surface area contributed by atoms with E-state index in [9.17, 15) is 17.6 Å². The molecule has 2 atom stereocenters. The number of sulfone groups is 1. The molecule has 2 aliphatic rings. The molecule has 6 rings (SSSR count). The lowest BCUT2D eigenvalue weighted by Crippen LogP contribution is -2.45. The number of rotatable bonds is 5. The average Bonchev–Trinajstić information content (AvgIpc) is 3.53. The summed E-state index contributed by atoms with van der Waals surface area (Å²) in [6, 6.07) is 13.5. The minimum Gasteiger partial charge on any atom is -0.356 e. The number of hydrogen-bond acceptors (Lipinski definition) is 4. The van der Waals surface area contributed by atoms with Crippen LogP contribution >= 0.6 is 0 Å². The molecular weight excluding hydrogens is 501 g/mol. The van der Waals surface area contributed by atoms with Gasteiger partial charge in [-0.3, -0.25) is 9.78 Å². The van der Waals surface area contributed by atoms with Crippen LogP contribution in [0.15, 0.2) is 83.8 Å². The van der Waals surface area contributed by atoms with Gasteiger partial charge in [0.05, 0.1) is 15.6 Å². The summed E-state index contributed by atoms with van der Waals surface area (Å²) in [4.78, 5) is 19.0. The largest absolute Gasteiger partial charge is 0.356 e. The molecule has 6 nitrogen and oxygen atoms in total. The molecular formula is C30H28FN3O3S. The third kappa shape index (κ3) is 3.95. The van der Waals surface area contributed by atoms with E-state index in [4.69, 9.17) is 0 Å².